The molecule has 2 aromatic rings. The number of aromatic nitrogens is 1. The first kappa shape index (κ1) is 25.3. The Morgan fingerprint density at radius 2 is 1.76 bits per heavy atom. The fraction of sp³-hybridized carbons (Fsp3) is 0.382. The second-order valence-electron chi connectivity index (χ2n) is 10.7. The van der Waals surface area contributed by atoms with Crippen molar-refractivity contribution in [1.82, 2.24) is 4.57 Å². The number of hydrogen-bond donors (Lipinski definition) is 0. The highest BCUT2D eigenvalue weighted by molar-refractivity contribution is 5.88. The number of rotatable bonds is 8. The summed E-state index contributed by atoms with van der Waals surface area (Å²) in [7, 11) is 0. The number of allylic oxidation sites excluding steroid dienone is 6. The molecule has 1 aromatic heterocycles. The summed E-state index contributed by atoms with van der Waals surface area (Å²) in [5.74, 6) is 0.289. The van der Waals surface area contributed by atoms with Crippen LogP contribution in [0.4, 0.5) is 0 Å². The van der Waals surface area contributed by atoms with E-state index in [9.17, 15) is 4.79 Å². The molecule has 3 nitrogen and oxygen atoms in total. The zero-order valence-corrected chi connectivity index (χ0v) is 22.4. The van der Waals surface area contributed by atoms with Crippen LogP contribution < -0.4 is 0 Å². The largest absolute Gasteiger partial charge is 0.462 e. The van der Waals surface area contributed by atoms with Gasteiger partial charge in [0.1, 0.15) is 0 Å². The van der Waals surface area contributed by atoms with E-state index in [2.05, 4.69) is 78.8 Å². The maximum absolute atomic E-state index is 11.7. The quantitative estimate of drug-likeness (QED) is 0.211. The van der Waals surface area contributed by atoms with Gasteiger partial charge in [-0.3, -0.25) is 0 Å². The van der Waals surface area contributed by atoms with E-state index >= 15 is 0 Å². The smallest absolute Gasteiger partial charge is 0.333 e. The predicted octanol–water partition coefficient (Wildman–Crippen LogP) is 8.12. The molecular weight excluding hydrogens is 454 g/mol. The summed E-state index contributed by atoms with van der Waals surface area (Å²) < 4.78 is 7.96. The van der Waals surface area contributed by atoms with Crippen molar-refractivity contribution in [3.63, 3.8) is 0 Å². The lowest BCUT2D eigenvalue weighted by Gasteiger charge is -2.21. The number of carbonyl (C=O) groups is 1. The summed E-state index contributed by atoms with van der Waals surface area (Å²) in [5, 5.41) is 0. The SMILES string of the molecule is C=C(C)C(=O)OCCCCn1c2c(c3c1CCC(c1ccccc1)=C3)C=C(C1=CC=CC[C@H]1C)CCC2. The van der Waals surface area contributed by atoms with Crippen molar-refractivity contribution in [1.29, 1.82) is 0 Å². The Morgan fingerprint density at radius 3 is 2.51 bits per heavy atom. The molecule has 3 aliphatic rings. The fourth-order valence-electron chi connectivity index (χ4n) is 6.02. The first-order valence-electron chi connectivity index (χ1n) is 13.9. The Labute approximate surface area is 221 Å². The van der Waals surface area contributed by atoms with Crippen molar-refractivity contribution in [3.05, 3.63) is 99.9 Å². The molecule has 0 N–H and O–H groups in total. The molecule has 0 spiro atoms. The molecule has 1 atom stereocenters. The van der Waals surface area contributed by atoms with Gasteiger partial charge in [-0.05, 0) is 98.6 Å². The van der Waals surface area contributed by atoms with E-state index in [0.717, 1.165) is 51.5 Å². The van der Waals surface area contributed by atoms with Gasteiger partial charge in [-0.15, -0.1) is 0 Å². The van der Waals surface area contributed by atoms with Gasteiger partial charge in [0, 0.05) is 34.6 Å². The number of carbonyl (C=O) groups excluding carboxylic acids is 1. The maximum atomic E-state index is 11.7. The molecule has 1 heterocycles. The van der Waals surface area contributed by atoms with E-state index in [1.807, 2.05) is 0 Å². The van der Waals surface area contributed by atoms with Gasteiger partial charge in [0.05, 0.1) is 6.61 Å². The van der Waals surface area contributed by atoms with E-state index in [0.29, 0.717) is 18.1 Å². The number of fused-ring (bicyclic) bond motifs is 3. The second-order valence-corrected chi connectivity index (χ2v) is 10.7. The van der Waals surface area contributed by atoms with Crippen LogP contribution in [0.1, 0.15) is 80.5 Å². The summed E-state index contributed by atoms with van der Waals surface area (Å²) >= 11 is 0. The van der Waals surface area contributed by atoms with Crippen LogP contribution in [-0.2, 0) is 28.9 Å². The van der Waals surface area contributed by atoms with E-state index < -0.39 is 0 Å². The minimum atomic E-state index is -0.287. The summed E-state index contributed by atoms with van der Waals surface area (Å²) in [4.78, 5) is 11.7. The second kappa shape index (κ2) is 11.4. The van der Waals surface area contributed by atoms with Gasteiger partial charge < -0.3 is 9.30 Å². The lowest BCUT2D eigenvalue weighted by molar-refractivity contribution is -0.139. The minimum Gasteiger partial charge on any atom is -0.462 e. The molecule has 0 aliphatic heterocycles. The van der Waals surface area contributed by atoms with Crippen molar-refractivity contribution in [2.75, 3.05) is 6.61 Å². The average Bonchev–Trinajstić information content (AvgIpc) is 3.04. The highest BCUT2D eigenvalue weighted by atomic mass is 16.5. The Kier molecular flexibility index (Phi) is 7.79. The van der Waals surface area contributed by atoms with E-state index in [4.69, 9.17) is 4.74 Å². The van der Waals surface area contributed by atoms with E-state index in [1.165, 1.54) is 51.2 Å². The van der Waals surface area contributed by atoms with Gasteiger partial charge in [0.2, 0.25) is 0 Å². The van der Waals surface area contributed by atoms with Crippen molar-refractivity contribution in [3.8, 4) is 0 Å². The zero-order valence-electron chi connectivity index (χ0n) is 22.4. The lowest BCUT2D eigenvalue weighted by atomic mass is 9.85. The van der Waals surface area contributed by atoms with Gasteiger partial charge in [-0.25, -0.2) is 4.79 Å². The van der Waals surface area contributed by atoms with Gasteiger partial charge in [0.25, 0.3) is 0 Å². The number of hydrogen-bond acceptors (Lipinski definition) is 2. The van der Waals surface area contributed by atoms with E-state index in [1.54, 1.807) is 6.92 Å². The molecule has 0 unspecified atom stereocenters. The third kappa shape index (κ3) is 5.51. The Balaban J connectivity index is 1.48. The number of ether oxygens (including phenoxy) is 1. The molecule has 0 saturated carbocycles. The molecular formula is C34H39NO2. The van der Waals surface area contributed by atoms with Crippen molar-refractivity contribution in [2.24, 2.45) is 5.92 Å². The highest BCUT2D eigenvalue weighted by Gasteiger charge is 2.26. The number of nitrogens with zero attached hydrogens (tertiary/aromatic N) is 1. The van der Waals surface area contributed by atoms with Crippen LogP contribution in [0, 0.1) is 5.92 Å². The van der Waals surface area contributed by atoms with Crippen molar-refractivity contribution < 1.29 is 9.53 Å². The van der Waals surface area contributed by atoms with Gasteiger partial charge in [-0.1, -0.05) is 62.1 Å². The normalized spacial score (nSPS) is 18.6. The number of unbranched alkanes of at least 4 members (excludes halogenated alkanes) is 1. The van der Waals surface area contributed by atoms with Gasteiger partial charge in [-0.2, -0.15) is 0 Å². The Bertz CT molecular complexity index is 1300. The van der Waals surface area contributed by atoms with Crippen LogP contribution >= 0.6 is 0 Å². The van der Waals surface area contributed by atoms with Crippen molar-refractivity contribution in [2.45, 2.75) is 71.8 Å². The van der Waals surface area contributed by atoms with Crippen molar-refractivity contribution >= 4 is 23.7 Å². The molecule has 0 saturated heterocycles. The van der Waals surface area contributed by atoms with Gasteiger partial charge in [0.15, 0.2) is 0 Å². The fourth-order valence-corrected chi connectivity index (χ4v) is 6.02. The Morgan fingerprint density at radius 1 is 1.00 bits per heavy atom. The average molecular weight is 494 g/mol. The summed E-state index contributed by atoms with van der Waals surface area (Å²) in [6, 6.07) is 10.8. The standard InChI is InChI=1S/C34H39NO2/c1-24(2)34(36)37-21-10-9-20-35-32-17-11-15-28(29-16-8-7-12-25(29)3)23-31(32)30-22-27(18-19-33(30)35)26-13-5-4-6-14-26/h4-8,13-14,16,22-23,25H,1,9-12,15,17-21H2,2-3H3/t25-/m1/s1. The summed E-state index contributed by atoms with van der Waals surface area (Å²) in [6.07, 6.45) is 20.4. The van der Waals surface area contributed by atoms with Gasteiger partial charge >= 0.3 is 5.97 Å². The Hall–Kier alpha value is -3.33. The minimum absolute atomic E-state index is 0.287. The predicted molar refractivity (Wildman–Crippen MR) is 154 cm³/mol. The monoisotopic (exact) mass is 493 g/mol. The van der Waals surface area contributed by atoms with Crippen LogP contribution in [0.25, 0.3) is 17.7 Å². The first-order valence-corrected chi connectivity index (χ1v) is 13.9. The molecule has 192 valence electrons. The summed E-state index contributed by atoms with van der Waals surface area (Å²) in [5.41, 5.74) is 12.1. The highest BCUT2D eigenvalue weighted by Crippen LogP contribution is 2.41. The number of benzene rings is 1. The van der Waals surface area contributed by atoms with Crippen LogP contribution in [0.3, 0.4) is 0 Å². The van der Waals surface area contributed by atoms with Crippen LogP contribution in [-0.4, -0.2) is 17.1 Å². The molecule has 0 bridgehead atoms. The van der Waals surface area contributed by atoms with Crippen LogP contribution in [0.15, 0.2) is 71.9 Å². The third-order valence-corrected chi connectivity index (χ3v) is 8.00. The number of esters is 1. The van der Waals surface area contributed by atoms with Crippen LogP contribution in [0.2, 0.25) is 0 Å². The first-order chi connectivity index (χ1) is 18.0. The molecule has 0 amide bonds. The third-order valence-electron chi connectivity index (χ3n) is 8.00. The molecule has 3 aliphatic carbocycles. The maximum Gasteiger partial charge on any atom is 0.333 e. The molecule has 1 aromatic carbocycles. The molecule has 37 heavy (non-hydrogen) atoms. The van der Waals surface area contributed by atoms with Crippen LogP contribution in [0.5, 0.6) is 0 Å². The zero-order chi connectivity index (χ0) is 25.8. The molecule has 5 rings (SSSR count). The van der Waals surface area contributed by atoms with E-state index in [-0.39, 0.29) is 5.97 Å². The molecule has 0 fully saturated rings. The summed E-state index contributed by atoms with van der Waals surface area (Å²) in [6.45, 7) is 9.16. The lowest BCUT2D eigenvalue weighted by Crippen LogP contribution is -2.11. The topological polar surface area (TPSA) is 31.2 Å². The molecule has 0 radical (unpaired) electrons. The molecule has 3 heteroatoms.